The van der Waals surface area contributed by atoms with Crippen LogP contribution >= 0.6 is 0 Å². The zero-order chi connectivity index (χ0) is 33.4. The molecule has 0 N–H and O–H groups in total. The van der Waals surface area contributed by atoms with E-state index in [2.05, 4.69) is 144 Å². The van der Waals surface area contributed by atoms with Crippen molar-refractivity contribution in [1.29, 1.82) is 0 Å². The highest BCUT2D eigenvalue weighted by Crippen LogP contribution is 2.31. The maximum absolute atomic E-state index is 6.39. The van der Waals surface area contributed by atoms with E-state index in [4.69, 9.17) is 37.0 Å². The smallest absolute Gasteiger partial charge is 0.314 e. The molecule has 0 aliphatic carbocycles. The van der Waals surface area contributed by atoms with E-state index in [-0.39, 0.29) is 0 Å². The van der Waals surface area contributed by atoms with Crippen LogP contribution < -0.4 is 0 Å². The average Bonchev–Trinajstić information content (AvgIpc) is 2.37. The van der Waals surface area contributed by atoms with E-state index in [9.17, 15) is 0 Å². The predicted molar refractivity (Wildman–Crippen MR) is 196 cm³/mol. The molecular weight excluding hydrogens is 689 g/mol. The van der Waals surface area contributed by atoms with Crippen LogP contribution in [0.5, 0.6) is 0 Å². The third-order valence-electron chi connectivity index (χ3n) is 4.55. The van der Waals surface area contributed by atoms with Crippen molar-refractivity contribution in [3.05, 3.63) is 0 Å². The highest BCUT2D eigenvalue weighted by Gasteiger charge is 2.51. The van der Waals surface area contributed by atoms with Crippen LogP contribution in [0.2, 0.25) is 144 Å². The van der Waals surface area contributed by atoms with Crippen molar-refractivity contribution in [3.8, 4) is 0 Å². The Hall–Kier alpha value is 1.81. The fourth-order valence-corrected chi connectivity index (χ4v) is 55.1. The Labute approximate surface area is 264 Å². The van der Waals surface area contributed by atoms with Crippen molar-refractivity contribution in [2.24, 2.45) is 0 Å². The zero-order valence-corrected chi connectivity index (χ0v) is 40.7. The minimum atomic E-state index is -2.26. The monoisotopic (exact) mass is 754 g/mol. The van der Waals surface area contributed by atoms with Gasteiger partial charge in [-0.25, -0.2) is 0 Å². The first-order chi connectivity index (χ1) is 17.4. The van der Waals surface area contributed by atoms with Crippen LogP contribution in [0.15, 0.2) is 0 Å². The summed E-state index contributed by atoms with van der Waals surface area (Å²) in [6, 6.07) is 0. The third-order valence-corrected chi connectivity index (χ3v) is 40.9. The van der Waals surface area contributed by atoms with Gasteiger partial charge in [0.2, 0.25) is 0 Å². The molecule has 248 valence electrons. The number of hydrogen-bond donors (Lipinski definition) is 0. The minimum absolute atomic E-state index is 1.60. The van der Waals surface area contributed by atoms with E-state index in [1.54, 1.807) is 0 Å². The van der Waals surface area contributed by atoms with Crippen molar-refractivity contribution in [3.63, 3.8) is 0 Å². The largest absolute Gasteiger partial charge is 0.437 e. The van der Waals surface area contributed by atoms with Gasteiger partial charge in [-0.05, 0) is 144 Å². The molecule has 0 radical (unpaired) electrons. The maximum Gasteiger partial charge on any atom is 0.314 e. The molecule has 0 spiro atoms. The van der Waals surface area contributed by atoms with Crippen LogP contribution in [0, 0.1) is 0 Å². The van der Waals surface area contributed by atoms with Gasteiger partial charge in [-0.1, -0.05) is 0 Å². The first-order valence-corrected chi connectivity index (χ1v) is 44.0. The van der Waals surface area contributed by atoms with E-state index in [0.717, 1.165) is 0 Å². The van der Waals surface area contributed by atoms with Gasteiger partial charge in [0.1, 0.15) is 0 Å². The molecule has 1 rings (SSSR count). The summed E-state index contributed by atoms with van der Waals surface area (Å²) in [6.07, 6.45) is 0. The summed E-state index contributed by atoms with van der Waals surface area (Å²) in [5.74, 6) is 0. The van der Waals surface area contributed by atoms with Crippen molar-refractivity contribution in [2.45, 2.75) is 144 Å². The summed E-state index contributed by atoms with van der Waals surface area (Å²) in [5.41, 5.74) is 0. The van der Waals surface area contributed by atoms with Gasteiger partial charge >= 0.3 is 68.5 Å². The van der Waals surface area contributed by atoms with E-state index in [1.165, 1.54) is 0 Å². The Balaban J connectivity index is 0.000000781. The summed E-state index contributed by atoms with van der Waals surface area (Å²) >= 11 is 0. The van der Waals surface area contributed by atoms with Crippen molar-refractivity contribution < 1.29 is 37.0 Å². The lowest BCUT2D eigenvalue weighted by Gasteiger charge is -2.46. The average molecular weight is 756 g/mol. The second-order valence-electron chi connectivity index (χ2n) is 16.3. The van der Waals surface area contributed by atoms with Gasteiger partial charge in [0.25, 0.3) is 0 Å². The molecule has 0 aromatic carbocycles. The first kappa shape index (κ1) is 42.8. The van der Waals surface area contributed by atoms with Gasteiger partial charge < -0.3 is 37.0 Å². The summed E-state index contributed by atoms with van der Waals surface area (Å²) in [5, 5.41) is 0. The Kier molecular flexibility index (Phi) is 14.5. The highest BCUT2D eigenvalue weighted by molar-refractivity contribution is 6.93. The molecule has 0 aromatic heterocycles. The fourth-order valence-electron chi connectivity index (χ4n) is 5.78. The molecule has 1 fully saturated rings. The molecule has 1 aliphatic rings. The fraction of sp³-hybridized carbons (Fsp3) is 1.00. The molecule has 9 nitrogen and oxygen atoms in total. The standard InChI is InChI=1S/C12H36O4Si5.C10H30O5Si5/c1-17(2,3)13-19(7,8)15-21(11,12)16-20(9,10)14-18(4,5)6;1-16(2)11-17(3,4)13-19(7,8)15-20(9,10)14-18(5,6)12-16/h1-12H3;1-10H3. The molecule has 0 unspecified atom stereocenters. The lowest BCUT2D eigenvalue weighted by Crippen LogP contribution is -2.64. The lowest BCUT2D eigenvalue weighted by atomic mass is 11.8. The molecule has 1 heterocycles. The SMILES string of the molecule is C[Si](C)(C)O[Si](C)(C)O[Si](C)(C)O[Si](C)(C)O[Si](C)(C)C.C[Si]1(C)O[Si](C)(C)O[Si](C)(C)O[Si](C)(C)O[Si](C)(C)O1. The van der Waals surface area contributed by atoms with E-state index < -0.39 is 85.1 Å². The zero-order valence-electron chi connectivity index (χ0n) is 30.7. The van der Waals surface area contributed by atoms with Gasteiger partial charge in [-0.3, -0.25) is 0 Å². The molecule has 0 amide bonds. The maximum atomic E-state index is 6.39. The predicted octanol–water partition coefficient (Wildman–Crippen LogP) is 8.42. The van der Waals surface area contributed by atoms with Crippen LogP contribution in [0.1, 0.15) is 0 Å². The van der Waals surface area contributed by atoms with E-state index in [1.807, 2.05) is 0 Å². The van der Waals surface area contributed by atoms with Gasteiger partial charge in [0.05, 0.1) is 0 Å². The highest BCUT2D eigenvalue weighted by atomic mass is 28.5. The van der Waals surface area contributed by atoms with Crippen molar-refractivity contribution in [2.75, 3.05) is 0 Å². The summed E-state index contributed by atoms with van der Waals surface area (Å²) in [4.78, 5) is 0. The van der Waals surface area contributed by atoms with Gasteiger partial charge in [0.15, 0.2) is 16.6 Å². The second kappa shape index (κ2) is 13.9. The number of hydrogen-bond acceptors (Lipinski definition) is 9. The normalized spacial score (nSPS) is 23.3. The second-order valence-corrected chi connectivity index (χ2v) is 54.5. The Morgan fingerprint density at radius 2 is 0.439 bits per heavy atom. The molecule has 1 aliphatic heterocycles. The van der Waals surface area contributed by atoms with Gasteiger partial charge in [-0.15, -0.1) is 0 Å². The molecule has 0 bridgehead atoms. The Morgan fingerprint density at radius 1 is 0.293 bits per heavy atom. The number of rotatable bonds is 8. The molecule has 0 atom stereocenters. The summed E-state index contributed by atoms with van der Waals surface area (Å²) in [7, 11) is -21.1. The van der Waals surface area contributed by atoms with Gasteiger partial charge in [0, 0.05) is 0 Å². The van der Waals surface area contributed by atoms with Crippen LogP contribution in [-0.2, 0) is 37.0 Å². The lowest BCUT2D eigenvalue weighted by molar-refractivity contribution is 0.239. The van der Waals surface area contributed by atoms with Crippen molar-refractivity contribution in [1.82, 2.24) is 0 Å². The topological polar surface area (TPSA) is 83.1 Å². The Bertz CT molecular complexity index is 718. The molecular formula is C22H66O9Si10. The van der Waals surface area contributed by atoms with Crippen LogP contribution in [-0.4, -0.2) is 85.1 Å². The molecule has 19 heteroatoms. The first-order valence-electron chi connectivity index (χ1n) is 14.7. The molecule has 1 saturated heterocycles. The summed E-state index contributed by atoms with van der Waals surface area (Å²) < 4.78 is 56.8. The van der Waals surface area contributed by atoms with Crippen LogP contribution in [0.4, 0.5) is 0 Å². The van der Waals surface area contributed by atoms with Crippen LogP contribution in [0.25, 0.3) is 0 Å². The quantitative estimate of drug-likeness (QED) is 0.227. The van der Waals surface area contributed by atoms with Gasteiger partial charge in [-0.2, -0.15) is 0 Å². The molecule has 41 heavy (non-hydrogen) atoms. The summed E-state index contributed by atoms with van der Waals surface area (Å²) in [6.45, 7) is 46.7. The Morgan fingerprint density at radius 3 is 0.585 bits per heavy atom. The third kappa shape index (κ3) is 21.3. The molecule has 0 aromatic rings. The minimum Gasteiger partial charge on any atom is -0.437 e. The van der Waals surface area contributed by atoms with E-state index >= 15 is 0 Å². The van der Waals surface area contributed by atoms with Crippen molar-refractivity contribution >= 4 is 85.1 Å². The van der Waals surface area contributed by atoms with E-state index in [0.29, 0.717) is 0 Å². The molecule has 0 saturated carbocycles. The van der Waals surface area contributed by atoms with Crippen LogP contribution in [0.3, 0.4) is 0 Å².